The third-order valence-electron chi connectivity index (χ3n) is 0. The van der Waals surface area contributed by atoms with Crippen molar-refractivity contribution in [1.29, 1.82) is 0 Å². The maximum Gasteiger partial charge on any atom is 6.00 e. The first kappa shape index (κ1) is 62.2. The van der Waals surface area contributed by atoms with Crippen LogP contribution in [0.3, 0.4) is 0 Å². The Morgan fingerprint density at radius 1 is 0.500 bits per heavy atom. The van der Waals surface area contributed by atoms with Gasteiger partial charge in [0, 0.05) is 0 Å². The molecular formula is MoP4W. The van der Waals surface area contributed by atoms with Crippen LogP contribution >= 0.6 is 39.6 Å². The largest absolute Gasteiger partial charge is 6.00 e. The van der Waals surface area contributed by atoms with Crippen molar-refractivity contribution in [3.63, 3.8) is 0 Å². The molecular weight excluding hydrogens is 404 g/mol. The number of rotatable bonds is 0. The van der Waals surface area contributed by atoms with Crippen molar-refractivity contribution in [3.05, 3.63) is 0 Å². The van der Waals surface area contributed by atoms with Crippen LogP contribution in [0.2, 0.25) is 0 Å². The summed E-state index contributed by atoms with van der Waals surface area (Å²) in [4.78, 5) is 0. The van der Waals surface area contributed by atoms with Gasteiger partial charge in [-0.2, -0.15) is 0 Å². The SMILES string of the molecule is [Mo+6].[P-3].[P-3].[P-3].[P-3].[W+6]. The molecule has 0 aliphatic carbocycles. The molecule has 0 aromatic rings. The minimum Gasteiger partial charge on any atom is -3.00 e. The fourth-order valence-corrected chi connectivity index (χ4v) is 0. The molecule has 0 N–H and O–H groups in total. The second-order valence-electron chi connectivity index (χ2n) is 0. The van der Waals surface area contributed by atoms with Crippen molar-refractivity contribution in [1.82, 2.24) is 0 Å². The van der Waals surface area contributed by atoms with Gasteiger partial charge in [0.25, 0.3) is 0 Å². The summed E-state index contributed by atoms with van der Waals surface area (Å²) >= 11 is 0. The maximum absolute atomic E-state index is 0. The Bertz CT molecular complexity index is 7.51. The van der Waals surface area contributed by atoms with Crippen molar-refractivity contribution in [2.45, 2.75) is 0 Å². The molecule has 0 aliphatic rings. The summed E-state index contributed by atoms with van der Waals surface area (Å²) in [6, 6.07) is 0. The predicted octanol–water partition coefficient (Wildman–Crippen LogP) is 3.44. The molecule has 0 radical (unpaired) electrons. The quantitative estimate of drug-likeness (QED) is 0.429. The van der Waals surface area contributed by atoms with Gasteiger partial charge in [-0.3, -0.25) is 0 Å². The Morgan fingerprint density at radius 3 is 0.500 bits per heavy atom. The summed E-state index contributed by atoms with van der Waals surface area (Å²) in [5.74, 6) is 0. The normalized spacial score (nSPS) is 0. The molecule has 0 atom stereocenters. The molecule has 0 nitrogen and oxygen atoms in total. The van der Waals surface area contributed by atoms with Gasteiger partial charge in [-0.1, -0.05) is 0 Å². The molecule has 32 valence electrons. The van der Waals surface area contributed by atoms with Gasteiger partial charge in [0.05, 0.1) is 0 Å². The Kier molecular flexibility index (Phi) is 441. The number of hydrogen-bond donors (Lipinski definition) is 0. The fourth-order valence-electron chi connectivity index (χ4n) is 0. The smallest absolute Gasteiger partial charge is 3.00 e. The summed E-state index contributed by atoms with van der Waals surface area (Å²) < 4.78 is 0. The van der Waals surface area contributed by atoms with E-state index in [1.165, 1.54) is 0 Å². The molecule has 0 unspecified atom stereocenters. The van der Waals surface area contributed by atoms with Gasteiger partial charge in [-0.05, 0) is 0 Å². The van der Waals surface area contributed by atoms with Crippen LogP contribution in [-0.4, -0.2) is 0 Å². The molecule has 0 saturated heterocycles. The van der Waals surface area contributed by atoms with Crippen molar-refractivity contribution >= 4 is 39.6 Å². The molecule has 0 heterocycles. The second-order valence-corrected chi connectivity index (χ2v) is 0. The van der Waals surface area contributed by atoms with Crippen molar-refractivity contribution in [3.8, 4) is 0 Å². The molecule has 0 aromatic carbocycles. The van der Waals surface area contributed by atoms with E-state index in [0.29, 0.717) is 0 Å². The third kappa shape index (κ3) is 27.5. The zero-order valence-electron chi connectivity index (χ0n) is 2.61. The molecule has 0 bridgehead atoms. The van der Waals surface area contributed by atoms with Gasteiger partial charge in [-0.25, -0.2) is 0 Å². The van der Waals surface area contributed by atoms with Gasteiger partial charge >= 0.3 is 42.1 Å². The molecule has 0 amide bonds. The molecule has 0 fully saturated rings. The molecule has 0 aliphatic heterocycles. The second kappa shape index (κ2) is 42.5. The van der Waals surface area contributed by atoms with E-state index in [-0.39, 0.29) is 81.7 Å². The van der Waals surface area contributed by atoms with Gasteiger partial charge in [-0.15, -0.1) is 0 Å². The van der Waals surface area contributed by atoms with Crippen LogP contribution in [-0.2, 0) is 42.1 Å². The van der Waals surface area contributed by atoms with E-state index >= 15 is 0 Å². The van der Waals surface area contributed by atoms with Crippen LogP contribution in [0.5, 0.6) is 0 Å². The fraction of sp³-hybridized carbons (Fsp3) is 0. The monoisotopic (exact) mass is 406 g/mol. The van der Waals surface area contributed by atoms with E-state index in [4.69, 9.17) is 0 Å². The number of hydrogen-bond acceptors (Lipinski definition) is 0. The van der Waals surface area contributed by atoms with Gasteiger partial charge < -0.3 is 39.6 Å². The van der Waals surface area contributed by atoms with Crippen LogP contribution in [0, 0.1) is 0 Å². The summed E-state index contributed by atoms with van der Waals surface area (Å²) in [5, 5.41) is 0. The van der Waals surface area contributed by atoms with E-state index in [1.807, 2.05) is 0 Å². The van der Waals surface area contributed by atoms with Crippen molar-refractivity contribution in [2.75, 3.05) is 0 Å². The topological polar surface area (TPSA) is 0 Å². The Balaban J connectivity index is 0. The standard InChI is InChI=1S/Mo.4P.W/q+6;4*-3;+6. The molecule has 0 saturated carbocycles. The summed E-state index contributed by atoms with van der Waals surface area (Å²) in [5.41, 5.74) is 0. The Hall–Kier alpha value is 3.10. The van der Waals surface area contributed by atoms with E-state index in [0.717, 1.165) is 0 Å². The average Bonchev–Trinajstić information content (AvgIpc) is 0. The van der Waals surface area contributed by atoms with Crippen molar-refractivity contribution in [2.24, 2.45) is 0 Å². The van der Waals surface area contributed by atoms with E-state index in [9.17, 15) is 0 Å². The first-order valence-electron chi connectivity index (χ1n) is 0. The first-order chi connectivity index (χ1) is 0. The Labute approximate surface area is 81.1 Å². The van der Waals surface area contributed by atoms with Crippen LogP contribution in [0.4, 0.5) is 0 Å². The summed E-state index contributed by atoms with van der Waals surface area (Å²) in [6.45, 7) is 0. The van der Waals surface area contributed by atoms with E-state index in [2.05, 4.69) is 0 Å². The van der Waals surface area contributed by atoms with Crippen LogP contribution in [0.15, 0.2) is 0 Å². The predicted molar refractivity (Wildman–Crippen MR) is 27.7 cm³/mol. The summed E-state index contributed by atoms with van der Waals surface area (Å²) in [7, 11) is 0. The zero-order chi connectivity index (χ0) is 0. The summed E-state index contributed by atoms with van der Waals surface area (Å²) in [6.07, 6.45) is 0. The van der Waals surface area contributed by atoms with Crippen LogP contribution < -0.4 is 0 Å². The minimum atomic E-state index is 0. The van der Waals surface area contributed by atoms with E-state index < -0.39 is 0 Å². The minimum absolute atomic E-state index is 0. The maximum atomic E-state index is 0. The average molecular weight is 404 g/mol. The van der Waals surface area contributed by atoms with Gasteiger partial charge in [0.15, 0.2) is 0 Å². The molecule has 0 spiro atoms. The molecule has 0 aromatic heterocycles. The zero-order valence-corrected chi connectivity index (χ0v) is 11.1. The van der Waals surface area contributed by atoms with Gasteiger partial charge in [0.2, 0.25) is 0 Å². The van der Waals surface area contributed by atoms with E-state index in [1.54, 1.807) is 0 Å². The molecule has 6 heavy (non-hydrogen) atoms. The Morgan fingerprint density at radius 2 is 0.500 bits per heavy atom. The molecule has 0 rings (SSSR count). The van der Waals surface area contributed by atoms with Crippen LogP contribution in [0.25, 0.3) is 0 Å². The van der Waals surface area contributed by atoms with Gasteiger partial charge in [0.1, 0.15) is 0 Å². The first-order valence-corrected chi connectivity index (χ1v) is 0. The van der Waals surface area contributed by atoms with Crippen molar-refractivity contribution < 1.29 is 42.1 Å². The third-order valence-corrected chi connectivity index (χ3v) is 0. The molecule has 6 heteroatoms. The van der Waals surface area contributed by atoms with Crippen LogP contribution in [0.1, 0.15) is 0 Å².